The maximum absolute atomic E-state index is 10.1. The first kappa shape index (κ1) is 18.0. The molecule has 0 saturated carbocycles. The number of aliphatic hydroxyl groups is 3. The summed E-state index contributed by atoms with van der Waals surface area (Å²) in [6, 6.07) is 0. The van der Waals surface area contributed by atoms with E-state index in [2.05, 4.69) is 4.52 Å². The molecule has 3 atom stereocenters. The van der Waals surface area contributed by atoms with Gasteiger partial charge < -0.3 is 29.9 Å². The smallest absolute Gasteiger partial charge is 0.388 e. The van der Waals surface area contributed by atoms with Crippen LogP contribution in [0.3, 0.4) is 0 Å². The Hall–Kier alpha value is 0.660. The number of carbonyl (C=O) groups is 1. The second-order valence-electron chi connectivity index (χ2n) is 2.47. The third-order valence-corrected chi connectivity index (χ3v) is 1.78. The Bertz CT molecular complexity index is 229. The van der Waals surface area contributed by atoms with E-state index in [1.54, 1.807) is 0 Å². The molecular formula is C5H11NaO8P. The van der Waals surface area contributed by atoms with E-state index in [1.807, 2.05) is 0 Å². The van der Waals surface area contributed by atoms with Crippen LogP contribution in [0.25, 0.3) is 0 Å². The Balaban J connectivity index is 0. The molecule has 85 valence electrons. The molecule has 0 aliphatic heterocycles. The van der Waals surface area contributed by atoms with Gasteiger partial charge in [-0.3, -0.25) is 4.52 Å². The summed E-state index contributed by atoms with van der Waals surface area (Å²) >= 11 is 0. The molecule has 0 heterocycles. The molecule has 0 amide bonds. The van der Waals surface area contributed by atoms with Gasteiger partial charge in [0.25, 0.3) is 0 Å². The molecule has 8 nitrogen and oxygen atoms in total. The van der Waals surface area contributed by atoms with Crippen LogP contribution >= 0.6 is 7.82 Å². The van der Waals surface area contributed by atoms with Crippen LogP contribution in [-0.4, -0.2) is 85.9 Å². The van der Waals surface area contributed by atoms with Gasteiger partial charge in [-0.2, -0.15) is 0 Å². The van der Waals surface area contributed by atoms with Crippen LogP contribution in [0.4, 0.5) is 0 Å². The Morgan fingerprint density at radius 1 is 1.27 bits per heavy atom. The summed E-state index contributed by atoms with van der Waals surface area (Å²) in [5.41, 5.74) is 0. The van der Waals surface area contributed by atoms with Gasteiger partial charge in [0.05, 0.1) is 6.61 Å². The normalized spacial score (nSPS) is 17.4. The predicted molar refractivity (Wildman–Crippen MR) is 47.8 cm³/mol. The van der Waals surface area contributed by atoms with Crippen LogP contribution in [-0.2, 0) is 13.9 Å². The van der Waals surface area contributed by atoms with E-state index in [0.29, 0.717) is 0 Å². The van der Waals surface area contributed by atoms with E-state index < -0.39 is 32.7 Å². The third-order valence-electron chi connectivity index (χ3n) is 1.30. The number of aliphatic hydroxyl groups excluding tert-OH is 3. The summed E-state index contributed by atoms with van der Waals surface area (Å²) in [5, 5.41) is 26.6. The Labute approximate surface area is 107 Å². The Kier molecular flexibility index (Phi) is 9.45. The average molecular weight is 253 g/mol. The van der Waals surface area contributed by atoms with Crippen molar-refractivity contribution in [3.63, 3.8) is 0 Å². The van der Waals surface area contributed by atoms with Crippen LogP contribution in [0.15, 0.2) is 0 Å². The van der Waals surface area contributed by atoms with Gasteiger partial charge in [-0.1, -0.05) is 0 Å². The van der Waals surface area contributed by atoms with Crippen molar-refractivity contribution >= 4 is 43.7 Å². The molecule has 0 fully saturated rings. The number of carbonyl (C=O) groups excluding carboxylic acids is 1. The number of hydrogen-bond donors (Lipinski definition) is 5. The van der Waals surface area contributed by atoms with Crippen LogP contribution < -0.4 is 0 Å². The van der Waals surface area contributed by atoms with Crippen molar-refractivity contribution in [1.29, 1.82) is 0 Å². The molecule has 0 aromatic heterocycles. The van der Waals surface area contributed by atoms with Crippen molar-refractivity contribution < 1.29 is 39.0 Å². The number of hydrogen-bond acceptors (Lipinski definition) is 6. The third kappa shape index (κ3) is 8.47. The first-order chi connectivity index (χ1) is 6.28. The minimum absolute atomic E-state index is 0. The predicted octanol–water partition coefficient (Wildman–Crippen LogP) is -3.00. The van der Waals surface area contributed by atoms with Gasteiger partial charge in [0, 0.05) is 29.6 Å². The maximum atomic E-state index is 10.1. The van der Waals surface area contributed by atoms with Gasteiger partial charge in [-0.15, -0.1) is 0 Å². The minimum Gasteiger partial charge on any atom is -0.388 e. The van der Waals surface area contributed by atoms with Crippen molar-refractivity contribution in [2.75, 3.05) is 6.61 Å². The molecule has 10 heteroatoms. The largest absolute Gasteiger partial charge is 0.469 e. The summed E-state index contributed by atoms with van der Waals surface area (Å²) in [7, 11) is -4.74. The van der Waals surface area contributed by atoms with Crippen molar-refractivity contribution in [2.24, 2.45) is 0 Å². The Morgan fingerprint density at radius 2 is 1.73 bits per heavy atom. The molecule has 5 N–H and O–H groups in total. The van der Waals surface area contributed by atoms with E-state index in [4.69, 9.17) is 25.1 Å². The summed E-state index contributed by atoms with van der Waals surface area (Å²) in [6.07, 6.45) is -5.46. The topological polar surface area (TPSA) is 145 Å². The molecule has 0 unspecified atom stereocenters. The van der Waals surface area contributed by atoms with Gasteiger partial charge in [-0.05, 0) is 0 Å². The average Bonchev–Trinajstić information content (AvgIpc) is 2.10. The van der Waals surface area contributed by atoms with Gasteiger partial charge in [0.1, 0.15) is 18.3 Å². The second kappa shape index (κ2) is 7.86. The number of phosphoric ester groups is 1. The SMILES string of the molecule is O=C[C@H](O)[C@H](O)[C@H](O)COP(=O)(O)O.[Na]. The summed E-state index contributed by atoms with van der Waals surface area (Å²) in [5.74, 6) is 0. The first-order valence-corrected chi connectivity index (χ1v) is 5.00. The summed E-state index contributed by atoms with van der Waals surface area (Å²) in [6.45, 7) is -0.893. The van der Waals surface area contributed by atoms with Crippen molar-refractivity contribution in [3.05, 3.63) is 0 Å². The standard InChI is InChI=1S/C5H11O8P.Na/c6-1-3(7)5(9)4(8)2-13-14(10,11)12;/h1,3-5,7-9H,2H2,(H2,10,11,12);/t3-,4+,5-;/m0./s1. The molecule has 0 saturated heterocycles. The fourth-order valence-electron chi connectivity index (χ4n) is 0.580. The van der Waals surface area contributed by atoms with Crippen LogP contribution in [0, 0.1) is 0 Å². The fraction of sp³-hybridized carbons (Fsp3) is 0.800. The zero-order chi connectivity index (χ0) is 11.4. The quantitative estimate of drug-likeness (QED) is 0.191. The van der Waals surface area contributed by atoms with Gasteiger partial charge in [-0.25, -0.2) is 4.57 Å². The molecule has 0 rings (SSSR count). The monoisotopic (exact) mass is 253 g/mol. The zero-order valence-corrected chi connectivity index (χ0v) is 10.8. The van der Waals surface area contributed by atoms with Gasteiger partial charge >= 0.3 is 7.82 Å². The second-order valence-corrected chi connectivity index (χ2v) is 3.71. The molecule has 15 heavy (non-hydrogen) atoms. The maximum Gasteiger partial charge on any atom is 0.469 e. The molecule has 0 aliphatic rings. The van der Waals surface area contributed by atoms with E-state index in [-0.39, 0.29) is 35.8 Å². The van der Waals surface area contributed by atoms with Crippen LogP contribution in [0.2, 0.25) is 0 Å². The molecule has 0 spiro atoms. The molecule has 1 radical (unpaired) electrons. The van der Waals surface area contributed by atoms with Crippen molar-refractivity contribution in [3.8, 4) is 0 Å². The molecule has 0 bridgehead atoms. The van der Waals surface area contributed by atoms with Crippen molar-refractivity contribution in [2.45, 2.75) is 18.3 Å². The van der Waals surface area contributed by atoms with E-state index in [1.165, 1.54) is 0 Å². The van der Waals surface area contributed by atoms with Crippen molar-refractivity contribution in [1.82, 2.24) is 0 Å². The Morgan fingerprint density at radius 3 is 2.07 bits per heavy atom. The van der Waals surface area contributed by atoms with Crippen LogP contribution in [0.1, 0.15) is 0 Å². The molecular weight excluding hydrogens is 242 g/mol. The van der Waals surface area contributed by atoms with E-state index >= 15 is 0 Å². The molecule has 0 aromatic rings. The minimum atomic E-state index is -4.74. The zero-order valence-electron chi connectivity index (χ0n) is 7.92. The summed E-state index contributed by atoms with van der Waals surface area (Å²) < 4.78 is 14.0. The van der Waals surface area contributed by atoms with E-state index in [9.17, 15) is 9.36 Å². The number of rotatable bonds is 6. The van der Waals surface area contributed by atoms with Gasteiger partial charge in [0.2, 0.25) is 0 Å². The number of aldehydes is 1. The molecule has 0 aromatic carbocycles. The first-order valence-electron chi connectivity index (χ1n) is 3.47. The van der Waals surface area contributed by atoms with Crippen LogP contribution in [0.5, 0.6) is 0 Å². The van der Waals surface area contributed by atoms with Gasteiger partial charge in [0.15, 0.2) is 6.29 Å². The van der Waals surface area contributed by atoms with E-state index in [0.717, 1.165) is 0 Å². The summed E-state index contributed by atoms with van der Waals surface area (Å²) in [4.78, 5) is 26.4. The number of phosphoric acid groups is 1. The fourth-order valence-corrected chi connectivity index (χ4v) is 0.927. The molecule has 0 aliphatic carbocycles.